The summed E-state index contributed by atoms with van der Waals surface area (Å²) in [4.78, 5) is 0. The highest BCUT2D eigenvalue weighted by atomic mass is 16.7. The number of hydrogen-bond donors (Lipinski definition) is 1. The van der Waals surface area contributed by atoms with Gasteiger partial charge in [0.1, 0.15) is 0 Å². The molecule has 1 unspecified atom stereocenters. The summed E-state index contributed by atoms with van der Waals surface area (Å²) in [5.41, 5.74) is 1.03. The molecule has 86 valence electrons. The van der Waals surface area contributed by atoms with Crippen molar-refractivity contribution in [3.05, 3.63) is 24.2 Å². The van der Waals surface area contributed by atoms with Gasteiger partial charge in [0.2, 0.25) is 0 Å². The fourth-order valence-electron chi connectivity index (χ4n) is 1.48. The largest absolute Gasteiger partial charge is 0.472 e. The van der Waals surface area contributed by atoms with Crippen LogP contribution in [0.3, 0.4) is 0 Å². The van der Waals surface area contributed by atoms with E-state index in [1.54, 1.807) is 12.5 Å². The minimum Gasteiger partial charge on any atom is -0.472 e. The van der Waals surface area contributed by atoms with Crippen LogP contribution in [0.15, 0.2) is 23.0 Å². The highest BCUT2D eigenvalue weighted by Gasteiger charge is 2.23. The van der Waals surface area contributed by atoms with Gasteiger partial charge in [0, 0.05) is 18.8 Å². The second-order valence-electron chi connectivity index (χ2n) is 3.10. The summed E-state index contributed by atoms with van der Waals surface area (Å²) >= 11 is 0. The number of likely N-dealkylation sites (N-methyl/N-ethyl adjacent to an activating group) is 1. The maximum Gasteiger partial charge on any atom is 0.176 e. The second kappa shape index (κ2) is 6.61. The summed E-state index contributed by atoms with van der Waals surface area (Å²) in [5.74, 6) is 0. The third-order valence-electron chi connectivity index (χ3n) is 2.15. The lowest BCUT2D eigenvalue weighted by molar-refractivity contribution is -0.154. The number of rotatable bonds is 7. The normalized spacial score (nSPS) is 13.3. The van der Waals surface area contributed by atoms with Gasteiger partial charge in [0.25, 0.3) is 0 Å². The summed E-state index contributed by atoms with van der Waals surface area (Å²) < 4.78 is 16.1. The molecule has 0 aliphatic carbocycles. The fourth-order valence-corrected chi connectivity index (χ4v) is 1.48. The molecule has 1 rings (SSSR count). The lowest BCUT2D eigenvalue weighted by Crippen LogP contribution is -2.33. The third-order valence-corrected chi connectivity index (χ3v) is 2.15. The summed E-state index contributed by atoms with van der Waals surface area (Å²) in [7, 11) is 1.88. The molecule has 1 aromatic heterocycles. The van der Waals surface area contributed by atoms with Crippen molar-refractivity contribution < 1.29 is 13.9 Å². The third kappa shape index (κ3) is 3.34. The first-order valence-electron chi connectivity index (χ1n) is 5.26. The highest BCUT2D eigenvalue weighted by Crippen LogP contribution is 2.20. The number of ether oxygens (including phenoxy) is 2. The Hall–Kier alpha value is -0.840. The smallest absolute Gasteiger partial charge is 0.176 e. The zero-order chi connectivity index (χ0) is 11.1. The van der Waals surface area contributed by atoms with E-state index in [-0.39, 0.29) is 12.3 Å². The molecule has 0 fully saturated rings. The summed E-state index contributed by atoms with van der Waals surface area (Å²) in [5, 5.41) is 3.16. The molecule has 0 aromatic carbocycles. The van der Waals surface area contributed by atoms with Gasteiger partial charge < -0.3 is 19.2 Å². The number of hydrogen-bond acceptors (Lipinski definition) is 4. The summed E-state index contributed by atoms with van der Waals surface area (Å²) in [6, 6.07) is 1.91. The van der Waals surface area contributed by atoms with Crippen LogP contribution in [0.4, 0.5) is 0 Å². The van der Waals surface area contributed by atoms with Gasteiger partial charge in [-0.2, -0.15) is 0 Å². The van der Waals surface area contributed by atoms with Gasteiger partial charge in [-0.3, -0.25) is 0 Å². The summed E-state index contributed by atoms with van der Waals surface area (Å²) in [6.45, 7) is 5.16. The van der Waals surface area contributed by atoms with Crippen LogP contribution in [0.2, 0.25) is 0 Å². The van der Waals surface area contributed by atoms with Crippen LogP contribution in [0.25, 0.3) is 0 Å². The Labute approximate surface area is 90.6 Å². The van der Waals surface area contributed by atoms with Crippen LogP contribution in [-0.4, -0.2) is 26.6 Å². The minimum atomic E-state index is -0.275. The van der Waals surface area contributed by atoms with Crippen molar-refractivity contribution in [3.63, 3.8) is 0 Å². The minimum absolute atomic E-state index is 0.00338. The van der Waals surface area contributed by atoms with E-state index < -0.39 is 0 Å². The molecular weight excluding hydrogens is 194 g/mol. The molecule has 0 bridgehead atoms. The van der Waals surface area contributed by atoms with Crippen molar-refractivity contribution in [3.8, 4) is 0 Å². The van der Waals surface area contributed by atoms with Gasteiger partial charge in [0.15, 0.2) is 6.29 Å². The first-order chi connectivity index (χ1) is 7.33. The van der Waals surface area contributed by atoms with Crippen LogP contribution in [0.1, 0.15) is 25.5 Å². The zero-order valence-electron chi connectivity index (χ0n) is 9.53. The van der Waals surface area contributed by atoms with Crippen molar-refractivity contribution in [2.45, 2.75) is 26.2 Å². The summed E-state index contributed by atoms with van der Waals surface area (Å²) in [6.07, 6.45) is 3.07. The lowest BCUT2D eigenvalue weighted by atomic mass is 10.1. The predicted octanol–water partition coefficient (Wildman–Crippen LogP) is 1.94. The monoisotopic (exact) mass is 213 g/mol. The Morgan fingerprint density at radius 2 is 2.00 bits per heavy atom. The molecule has 0 spiro atoms. The molecule has 0 saturated heterocycles. The van der Waals surface area contributed by atoms with E-state index in [1.165, 1.54) is 0 Å². The van der Waals surface area contributed by atoms with Crippen LogP contribution in [0.5, 0.6) is 0 Å². The van der Waals surface area contributed by atoms with Gasteiger partial charge in [-0.05, 0) is 27.0 Å². The topological polar surface area (TPSA) is 43.6 Å². The van der Waals surface area contributed by atoms with Gasteiger partial charge in [0.05, 0.1) is 18.6 Å². The molecule has 0 amide bonds. The van der Waals surface area contributed by atoms with Gasteiger partial charge >= 0.3 is 0 Å². The van der Waals surface area contributed by atoms with Crippen LogP contribution in [-0.2, 0) is 9.47 Å². The molecule has 0 saturated carbocycles. The van der Waals surface area contributed by atoms with E-state index >= 15 is 0 Å². The molecular formula is C11H19NO3. The highest BCUT2D eigenvalue weighted by molar-refractivity contribution is 5.12. The standard InChI is InChI=1S/C11H19NO3/c1-4-14-11(15-5-2)10(12-3)9-6-7-13-8-9/h6-8,10-12H,4-5H2,1-3H3. The molecule has 4 nitrogen and oxygen atoms in total. The lowest BCUT2D eigenvalue weighted by Gasteiger charge is -2.25. The Balaban J connectivity index is 2.69. The number of nitrogens with one attached hydrogen (secondary N) is 1. The SMILES string of the molecule is CCOC(OCC)C(NC)c1ccoc1. The van der Waals surface area contributed by atoms with Crippen molar-refractivity contribution in [2.75, 3.05) is 20.3 Å². The van der Waals surface area contributed by atoms with Gasteiger partial charge in [-0.1, -0.05) is 0 Å². The van der Waals surface area contributed by atoms with Crippen molar-refractivity contribution in [1.82, 2.24) is 5.32 Å². The van der Waals surface area contributed by atoms with E-state index in [0.717, 1.165) is 5.56 Å². The average Bonchev–Trinajstić information content (AvgIpc) is 2.73. The molecule has 0 aliphatic heterocycles. The predicted molar refractivity (Wildman–Crippen MR) is 57.5 cm³/mol. The van der Waals surface area contributed by atoms with Crippen LogP contribution >= 0.6 is 0 Å². The van der Waals surface area contributed by atoms with E-state index in [0.29, 0.717) is 13.2 Å². The average molecular weight is 213 g/mol. The van der Waals surface area contributed by atoms with E-state index in [9.17, 15) is 0 Å². The molecule has 1 N–H and O–H groups in total. The van der Waals surface area contributed by atoms with Crippen molar-refractivity contribution >= 4 is 0 Å². The first kappa shape index (κ1) is 12.2. The molecule has 0 aliphatic rings. The van der Waals surface area contributed by atoms with E-state index in [2.05, 4.69) is 5.32 Å². The van der Waals surface area contributed by atoms with Gasteiger partial charge in [-0.25, -0.2) is 0 Å². The first-order valence-corrected chi connectivity index (χ1v) is 5.26. The maximum absolute atomic E-state index is 5.53. The molecule has 1 atom stereocenters. The van der Waals surface area contributed by atoms with Gasteiger partial charge in [-0.15, -0.1) is 0 Å². The zero-order valence-corrected chi connectivity index (χ0v) is 9.53. The Kier molecular flexibility index (Phi) is 5.39. The van der Waals surface area contributed by atoms with Crippen LogP contribution in [0, 0.1) is 0 Å². The van der Waals surface area contributed by atoms with Crippen LogP contribution < -0.4 is 5.32 Å². The second-order valence-corrected chi connectivity index (χ2v) is 3.10. The molecule has 15 heavy (non-hydrogen) atoms. The van der Waals surface area contributed by atoms with E-state index in [1.807, 2.05) is 27.0 Å². The van der Waals surface area contributed by atoms with E-state index in [4.69, 9.17) is 13.9 Å². The van der Waals surface area contributed by atoms with Crippen molar-refractivity contribution in [2.24, 2.45) is 0 Å². The maximum atomic E-state index is 5.53. The Morgan fingerprint density at radius 3 is 2.40 bits per heavy atom. The number of furan rings is 1. The molecule has 1 aromatic rings. The Bertz CT molecular complexity index is 242. The fraction of sp³-hybridized carbons (Fsp3) is 0.636. The molecule has 0 radical (unpaired) electrons. The molecule has 1 heterocycles. The molecule has 4 heteroatoms. The Morgan fingerprint density at radius 1 is 1.33 bits per heavy atom. The van der Waals surface area contributed by atoms with Crippen molar-refractivity contribution in [1.29, 1.82) is 0 Å². The quantitative estimate of drug-likeness (QED) is 0.703.